The van der Waals surface area contributed by atoms with Crippen LogP contribution in [0.4, 0.5) is 0 Å². The van der Waals surface area contributed by atoms with Crippen molar-refractivity contribution in [2.24, 2.45) is 5.16 Å². The molecule has 3 nitrogen and oxygen atoms in total. The summed E-state index contributed by atoms with van der Waals surface area (Å²) in [5, 5.41) is 11.1. The predicted molar refractivity (Wildman–Crippen MR) is 46.1 cm³/mol. The number of hydrogen-bond donors (Lipinski definition) is 1. The molecule has 1 rings (SSSR count). The maximum atomic E-state index is 8.29. The van der Waals surface area contributed by atoms with E-state index in [2.05, 4.69) is 26.1 Å². The molecule has 11 heavy (non-hydrogen) atoms. The summed E-state index contributed by atoms with van der Waals surface area (Å²) in [4.78, 5) is 3.83. The van der Waals surface area contributed by atoms with Gasteiger partial charge in [0, 0.05) is 22.4 Å². The summed E-state index contributed by atoms with van der Waals surface area (Å²) in [6, 6.07) is 1.70. The van der Waals surface area contributed by atoms with Crippen LogP contribution in [0.1, 0.15) is 5.56 Å². The van der Waals surface area contributed by atoms with Crippen LogP contribution in [-0.2, 0) is 0 Å². The van der Waals surface area contributed by atoms with Gasteiger partial charge in [0.05, 0.1) is 0 Å². The number of rotatable bonds is 1. The van der Waals surface area contributed by atoms with Gasteiger partial charge >= 0.3 is 0 Å². The first-order valence-electron chi connectivity index (χ1n) is 2.72. The molecule has 0 radical (unpaired) electrons. The SMILES string of the molecule is O/N=C(/Cl)c1cncc(Br)c1. The molecule has 0 saturated carbocycles. The fourth-order valence-corrected chi connectivity index (χ4v) is 1.05. The molecule has 0 aliphatic heterocycles. The maximum absolute atomic E-state index is 8.29. The zero-order valence-electron chi connectivity index (χ0n) is 5.33. The van der Waals surface area contributed by atoms with Gasteiger partial charge in [-0.1, -0.05) is 16.8 Å². The Morgan fingerprint density at radius 2 is 2.36 bits per heavy atom. The van der Waals surface area contributed by atoms with Crippen LogP contribution in [0.2, 0.25) is 0 Å². The lowest BCUT2D eigenvalue weighted by Crippen LogP contribution is -1.91. The molecule has 0 atom stereocenters. The van der Waals surface area contributed by atoms with Crippen LogP contribution in [-0.4, -0.2) is 15.4 Å². The van der Waals surface area contributed by atoms with Gasteiger partial charge < -0.3 is 5.21 Å². The van der Waals surface area contributed by atoms with Crippen molar-refractivity contribution in [2.45, 2.75) is 0 Å². The molecular formula is C6H4BrClN2O. The fraction of sp³-hybridized carbons (Fsp3) is 0. The van der Waals surface area contributed by atoms with Crippen molar-refractivity contribution in [2.75, 3.05) is 0 Å². The molecular weight excluding hydrogens is 231 g/mol. The van der Waals surface area contributed by atoms with E-state index in [9.17, 15) is 0 Å². The molecule has 1 N–H and O–H groups in total. The van der Waals surface area contributed by atoms with E-state index < -0.39 is 0 Å². The van der Waals surface area contributed by atoms with Crippen LogP contribution < -0.4 is 0 Å². The monoisotopic (exact) mass is 234 g/mol. The van der Waals surface area contributed by atoms with Crippen LogP contribution in [0.3, 0.4) is 0 Å². The average Bonchev–Trinajstić information content (AvgIpc) is 2.03. The van der Waals surface area contributed by atoms with Crippen LogP contribution in [0.25, 0.3) is 0 Å². The summed E-state index contributed by atoms with van der Waals surface area (Å²) < 4.78 is 0.789. The Labute approximate surface area is 76.8 Å². The molecule has 58 valence electrons. The van der Waals surface area contributed by atoms with Crippen molar-refractivity contribution in [3.8, 4) is 0 Å². The lowest BCUT2D eigenvalue weighted by molar-refractivity contribution is 0.321. The van der Waals surface area contributed by atoms with Crippen molar-refractivity contribution < 1.29 is 5.21 Å². The molecule has 0 spiro atoms. The minimum absolute atomic E-state index is 0.0267. The van der Waals surface area contributed by atoms with E-state index >= 15 is 0 Å². The maximum Gasteiger partial charge on any atom is 0.176 e. The van der Waals surface area contributed by atoms with Gasteiger partial charge in [-0.05, 0) is 22.0 Å². The molecule has 1 aromatic rings. The van der Waals surface area contributed by atoms with E-state index in [1.165, 1.54) is 6.20 Å². The van der Waals surface area contributed by atoms with Gasteiger partial charge in [0.25, 0.3) is 0 Å². The first kappa shape index (κ1) is 8.49. The van der Waals surface area contributed by atoms with Crippen molar-refractivity contribution in [3.05, 3.63) is 28.5 Å². The van der Waals surface area contributed by atoms with Crippen molar-refractivity contribution >= 4 is 32.7 Å². The van der Waals surface area contributed by atoms with Crippen LogP contribution in [0, 0.1) is 0 Å². The van der Waals surface area contributed by atoms with Gasteiger partial charge in [-0.2, -0.15) is 0 Å². The lowest BCUT2D eigenvalue weighted by Gasteiger charge is -1.94. The number of halogens is 2. The van der Waals surface area contributed by atoms with Gasteiger partial charge in [0.2, 0.25) is 0 Å². The number of oxime groups is 1. The Hall–Kier alpha value is -0.610. The topological polar surface area (TPSA) is 45.5 Å². The highest BCUT2D eigenvalue weighted by Crippen LogP contribution is 2.11. The zero-order chi connectivity index (χ0) is 8.27. The highest BCUT2D eigenvalue weighted by molar-refractivity contribution is 9.10. The number of hydrogen-bond acceptors (Lipinski definition) is 3. The molecule has 5 heteroatoms. The Morgan fingerprint density at radius 1 is 1.64 bits per heavy atom. The molecule has 1 aromatic heterocycles. The van der Waals surface area contributed by atoms with E-state index in [1.807, 2.05) is 0 Å². The molecule has 0 aromatic carbocycles. The fourth-order valence-electron chi connectivity index (χ4n) is 0.582. The van der Waals surface area contributed by atoms with Gasteiger partial charge in [-0.15, -0.1) is 0 Å². The minimum Gasteiger partial charge on any atom is -0.410 e. The van der Waals surface area contributed by atoms with Crippen molar-refractivity contribution in [1.82, 2.24) is 4.98 Å². The van der Waals surface area contributed by atoms with Crippen molar-refractivity contribution in [1.29, 1.82) is 0 Å². The summed E-state index contributed by atoms with van der Waals surface area (Å²) in [7, 11) is 0. The smallest absolute Gasteiger partial charge is 0.176 e. The second-order valence-electron chi connectivity index (χ2n) is 1.78. The summed E-state index contributed by atoms with van der Waals surface area (Å²) in [5.74, 6) is 0. The van der Waals surface area contributed by atoms with Gasteiger partial charge in [0.15, 0.2) is 5.17 Å². The summed E-state index contributed by atoms with van der Waals surface area (Å²) >= 11 is 8.70. The summed E-state index contributed by atoms with van der Waals surface area (Å²) in [6.07, 6.45) is 3.12. The molecule has 0 aliphatic carbocycles. The van der Waals surface area contributed by atoms with Crippen LogP contribution >= 0.6 is 27.5 Å². The third-order valence-electron chi connectivity index (χ3n) is 1.03. The van der Waals surface area contributed by atoms with Crippen LogP contribution in [0.15, 0.2) is 28.1 Å². The quantitative estimate of drug-likeness (QED) is 0.461. The van der Waals surface area contributed by atoms with E-state index in [-0.39, 0.29) is 5.17 Å². The second kappa shape index (κ2) is 3.69. The zero-order valence-corrected chi connectivity index (χ0v) is 7.67. The third-order valence-corrected chi connectivity index (χ3v) is 1.76. The molecule has 0 amide bonds. The first-order chi connectivity index (χ1) is 5.24. The summed E-state index contributed by atoms with van der Waals surface area (Å²) in [6.45, 7) is 0. The Morgan fingerprint density at radius 3 is 2.91 bits per heavy atom. The number of aromatic nitrogens is 1. The first-order valence-corrected chi connectivity index (χ1v) is 3.89. The van der Waals surface area contributed by atoms with E-state index in [4.69, 9.17) is 16.8 Å². The van der Waals surface area contributed by atoms with E-state index in [1.54, 1.807) is 12.3 Å². The molecule has 1 heterocycles. The average molecular weight is 235 g/mol. The highest BCUT2D eigenvalue weighted by Gasteiger charge is 1.99. The third kappa shape index (κ3) is 2.17. The van der Waals surface area contributed by atoms with Gasteiger partial charge in [-0.25, -0.2) is 0 Å². The van der Waals surface area contributed by atoms with Gasteiger partial charge in [0.1, 0.15) is 0 Å². The van der Waals surface area contributed by atoms with E-state index in [0.717, 1.165) is 4.47 Å². The molecule has 0 bridgehead atoms. The summed E-state index contributed by atoms with van der Waals surface area (Å²) in [5.41, 5.74) is 0.573. The van der Waals surface area contributed by atoms with E-state index in [0.29, 0.717) is 5.56 Å². The normalized spacial score (nSPS) is 11.6. The molecule has 0 saturated heterocycles. The van der Waals surface area contributed by atoms with Crippen molar-refractivity contribution in [3.63, 3.8) is 0 Å². The second-order valence-corrected chi connectivity index (χ2v) is 3.06. The number of pyridine rings is 1. The Bertz CT molecular complexity index is 290. The Balaban J connectivity index is 3.06. The Kier molecular flexibility index (Phi) is 2.84. The largest absolute Gasteiger partial charge is 0.410 e. The van der Waals surface area contributed by atoms with Gasteiger partial charge in [-0.3, -0.25) is 4.98 Å². The minimum atomic E-state index is 0.0267. The standard InChI is InChI=1S/C6H4BrClN2O/c7-5-1-4(2-9-3-5)6(8)10-11/h1-3,11H/b10-6+. The molecule has 0 unspecified atom stereocenters. The predicted octanol–water partition coefficient (Wildman–Crippen LogP) is 2.22. The molecule has 0 aliphatic rings. The number of nitrogens with zero attached hydrogens (tertiary/aromatic N) is 2. The van der Waals surface area contributed by atoms with Crippen LogP contribution in [0.5, 0.6) is 0 Å². The highest BCUT2D eigenvalue weighted by atomic mass is 79.9. The lowest BCUT2D eigenvalue weighted by atomic mass is 10.3. The molecule has 0 fully saturated rings.